The van der Waals surface area contributed by atoms with Crippen molar-refractivity contribution in [3.05, 3.63) is 29.8 Å². The van der Waals surface area contributed by atoms with Gasteiger partial charge in [0.2, 0.25) is 0 Å². The van der Waals surface area contributed by atoms with E-state index in [1.165, 1.54) is 44.2 Å². The third kappa shape index (κ3) is 31.2. The Morgan fingerprint density at radius 3 is 1.02 bits per heavy atom. The third-order valence-electron chi connectivity index (χ3n) is 6.77. The highest BCUT2D eigenvalue weighted by molar-refractivity contribution is 7.86. The predicted octanol–water partition coefficient (Wildman–Crippen LogP) is 4.23. The molecule has 0 saturated heterocycles. The third-order valence-corrected chi connectivity index (χ3v) is 8.09. The van der Waals surface area contributed by atoms with Gasteiger partial charge in [-0.25, -0.2) is 0 Å². The summed E-state index contributed by atoms with van der Waals surface area (Å²) in [5, 5.41) is 0. The van der Waals surface area contributed by atoms with Crippen molar-refractivity contribution in [1.29, 1.82) is 0 Å². The molecular formula is C35H64O13S. The largest absolute Gasteiger partial charge is 0.379 e. The quantitative estimate of drug-likeness (QED) is 0.0709. The maximum absolute atomic E-state index is 12.1. The standard InChI is InChI=1S/C35H64O13S/c1-3-4-5-6-7-8-13-38-14-15-39-16-17-40-18-19-41-20-21-42-22-23-43-24-25-44-26-27-45-28-29-46-30-31-47-32-33-48-49(36,37)35-11-9-34(2)10-12-35/h9-12H,3-8,13-33H2,1-2H3. The van der Waals surface area contributed by atoms with Crippen LogP contribution in [-0.2, 0) is 61.7 Å². The Labute approximate surface area is 295 Å². The molecule has 0 atom stereocenters. The van der Waals surface area contributed by atoms with Crippen molar-refractivity contribution in [3.63, 3.8) is 0 Å². The van der Waals surface area contributed by atoms with Gasteiger partial charge >= 0.3 is 0 Å². The molecule has 0 amide bonds. The first-order valence-corrected chi connectivity index (χ1v) is 19.2. The summed E-state index contributed by atoms with van der Waals surface area (Å²) in [5.74, 6) is 0. The van der Waals surface area contributed by atoms with Crippen LogP contribution in [0.15, 0.2) is 29.2 Å². The maximum Gasteiger partial charge on any atom is 0.297 e. The molecule has 0 saturated carbocycles. The highest BCUT2D eigenvalue weighted by Crippen LogP contribution is 2.13. The van der Waals surface area contributed by atoms with E-state index in [0.29, 0.717) is 119 Å². The number of unbranched alkanes of at least 4 members (excludes halogenated alkanes) is 5. The van der Waals surface area contributed by atoms with E-state index < -0.39 is 10.1 Å². The van der Waals surface area contributed by atoms with Crippen molar-refractivity contribution in [2.24, 2.45) is 0 Å². The average Bonchev–Trinajstić information content (AvgIpc) is 3.09. The lowest BCUT2D eigenvalue weighted by molar-refractivity contribution is -0.0267. The minimum absolute atomic E-state index is 0.0568. The van der Waals surface area contributed by atoms with Gasteiger partial charge in [0.25, 0.3) is 10.1 Å². The monoisotopic (exact) mass is 724 g/mol. The average molecular weight is 725 g/mol. The lowest BCUT2D eigenvalue weighted by Gasteiger charge is -2.09. The van der Waals surface area contributed by atoms with Gasteiger partial charge in [-0.3, -0.25) is 4.18 Å². The van der Waals surface area contributed by atoms with E-state index >= 15 is 0 Å². The highest BCUT2D eigenvalue weighted by atomic mass is 32.2. The molecule has 288 valence electrons. The first-order valence-electron chi connectivity index (χ1n) is 17.8. The van der Waals surface area contributed by atoms with Crippen LogP contribution in [-0.4, -0.2) is 147 Å². The Hall–Kier alpha value is -1.27. The lowest BCUT2D eigenvalue weighted by Crippen LogP contribution is -2.15. The Balaban J connectivity index is 1.67. The molecule has 1 rings (SSSR count). The van der Waals surface area contributed by atoms with Gasteiger partial charge in [0.05, 0.1) is 137 Å². The van der Waals surface area contributed by atoms with Gasteiger partial charge < -0.3 is 47.4 Å². The zero-order valence-corrected chi connectivity index (χ0v) is 30.9. The Morgan fingerprint density at radius 1 is 0.388 bits per heavy atom. The summed E-state index contributed by atoms with van der Waals surface area (Å²) in [4.78, 5) is 0.130. The van der Waals surface area contributed by atoms with E-state index in [4.69, 9.17) is 51.6 Å². The van der Waals surface area contributed by atoms with E-state index in [2.05, 4.69) is 6.92 Å². The van der Waals surface area contributed by atoms with E-state index in [9.17, 15) is 8.42 Å². The Bertz CT molecular complexity index is 919. The molecule has 0 aliphatic carbocycles. The summed E-state index contributed by atoms with van der Waals surface area (Å²) in [6, 6.07) is 6.49. The molecule has 0 aromatic heterocycles. The predicted molar refractivity (Wildman–Crippen MR) is 186 cm³/mol. The van der Waals surface area contributed by atoms with Gasteiger partial charge in [0.15, 0.2) is 0 Å². The molecule has 0 unspecified atom stereocenters. The topological polar surface area (TPSA) is 136 Å². The number of hydrogen-bond acceptors (Lipinski definition) is 13. The summed E-state index contributed by atoms with van der Waals surface area (Å²) >= 11 is 0. The van der Waals surface area contributed by atoms with Gasteiger partial charge in [0.1, 0.15) is 0 Å². The second-order valence-corrected chi connectivity index (χ2v) is 12.6. The molecule has 0 fully saturated rings. The maximum atomic E-state index is 12.1. The molecule has 0 heterocycles. The van der Waals surface area contributed by atoms with Crippen molar-refractivity contribution >= 4 is 10.1 Å². The number of benzene rings is 1. The van der Waals surface area contributed by atoms with E-state index in [-0.39, 0.29) is 18.1 Å². The van der Waals surface area contributed by atoms with Crippen molar-refractivity contribution in [2.45, 2.75) is 57.3 Å². The van der Waals surface area contributed by atoms with Crippen LogP contribution in [0.3, 0.4) is 0 Å². The molecule has 0 spiro atoms. The lowest BCUT2D eigenvalue weighted by atomic mass is 10.1. The normalized spacial score (nSPS) is 11.9. The van der Waals surface area contributed by atoms with Crippen LogP contribution in [0.4, 0.5) is 0 Å². The van der Waals surface area contributed by atoms with Crippen molar-refractivity contribution in [2.75, 3.05) is 139 Å². The molecule has 0 N–H and O–H groups in total. The highest BCUT2D eigenvalue weighted by Gasteiger charge is 2.14. The molecule has 0 bridgehead atoms. The fraction of sp³-hybridized carbons (Fsp3) is 0.829. The van der Waals surface area contributed by atoms with Gasteiger partial charge in [0, 0.05) is 6.61 Å². The van der Waals surface area contributed by atoms with E-state index in [1.54, 1.807) is 12.1 Å². The fourth-order valence-electron chi connectivity index (χ4n) is 4.04. The summed E-state index contributed by atoms with van der Waals surface area (Å²) in [6.45, 7) is 13.9. The van der Waals surface area contributed by atoms with Crippen molar-refractivity contribution < 1.29 is 60.0 Å². The molecule has 1 aromatic carbocycles. The molecule has 13 nitrogen and oxygen atoms in total. The van der Waals surface area contributed by atoms with Crippen LogP contribution in [0.5, 0.6) is 0 Å². The summed E-state index contributed by atoms with van der Waals surface area (Å²) in [5.41, 5.74) is 0.977. The van der Waals surface area contributed by atoms with E-state index in [0.717, 1.165) is 18.6 Å². The Morgan fingerprint density at radius 2 is 0.673 bits per heavy atom. The number of hydrogen-bond donors (Lipinski definition) is 0. The number of rotatable bonds is 39. The zero-order chi connectivity index (χ0) is 35.4. The molecule has 49 heavy (non-hydrogen) atoms. The van der Waals surface area contributed by atoms with Crippen LogP contribution in [0, 0.1) is 6.92 Å². The molecule has 0 aliphatic rings. The van der Waals surface area contributed by atoms with Gasteiger partial charge in [-0.05, 0) is 25.5 Å². The van der Waals surface area contributed by atoms with Crippen LogP contribution in [0.1, 0.15) is 51.0 Å². The van der Waals surface area contributed by atoms with Crippen molar-refractivity contribution in [1.82, 2.24) is 0 Å². The van der Waals surface area contributed by atoms with Crippen LogP contribution in [0.2, 0.25) is 0 Å². The molecule has 14 heteroatoms. The molecule has 1 aromatic rings. The summed E-state index contributed by atoms with van der Waals surface area (Å²) in [7, 11) is -3.77. The zero-order valence-electron chi connectivity index (χ0n) is 30.1. The second-order valence-electron chi connectivity index (χ2n) is 11.0. The minimum Gasteiger partial charge on any atom is -0.379 e. The van der Waals surface area contributed by atoms with Gasteiger partial charge in [-0.1, -0.05) is 56.7 Å². The van der Waals surface area contributed by atoms with Crippen LogP contribution < -0.4 is 0 Å². The van der Waals surface area contributed by atoms with Gasteiger partial charge in [-0.15, -0.1) is 0 Å². The fourth-order valence-corrected chi connectivity index (χ4v) is 4.93. The number of aryl methyl sites for hydroxylation is 1. The van der Waals surface area contributed by atoms with Crippen molar-refractivity contribution in [3.8, 4) is 0 Å². The van der Waals surface area contributed by atoms with Crippen LogP contribution >= 0.6 is 0 Å². The SMILES string of the molecule is CCCCCCCCOCCOCCOCCOCCOCCOCCOCCOCCOCCOCCOS(=O)(=O)c1ccc(C)cc1. The summed E-state index contributed by atoms with van der Waals surface area (Å²) in [6.07, 6.45) is 7.64. The second kappa shape index (κ2) is 35.1. The Kier molecular flexibility index (Phi) is 32.8. The minimum atomic E-state index is -3.77. The first-order chi connectivity index (χ1) is 24.1. The first kappa shape index (κ1) is 45.8. The smallest absolute Gasteiger partial charge is 0.297 e. The summed E-state index contributed by atoms with van der Waals surface area (Å²) < 4.78 is 83.9. The van der Waals surface area contributed by atoms with Crippen LogP contribution in [0.25, 0.3) is 0 Å². The molecule has 0 radical (unpaired) electrons. The van der Waals surface area contributed by atoms with Gasteiger partial charge in [-0.2, -0.15) is 8.42 Å². The molecule has 0 aliphatic heterocycles. The molecular weight excluding hydrogens is 660 g/mol. The number of ether oxygens (including phenoxy) is 10. The van der Waals surface area contributed by atoms with E-state index in [1.807, 2.05) is 6.92 Å².